The first kappa shape index (κ1) is 20.5. The standard InChI is InChI=1S/C23H26N2O4S/c1-4-27-19-8-6-17(12-21(19)26-3)23-24-18(15-30-23)14-25(2)13-16-5-7-20-22(11-16)29-10-9-28-20/h5-8,11-12,15H,4,9-10,13-14H2,1-3H3. The minimum Gasteiger partial charge on any atom is -0.493 e. The van der Waals surface area contributed by atoms with Gasteiger partial charge in [-0.15, -0.1) is 11.3 Å². The van der Waals surface area contributed by atoms with Crippen LogP contribution < -0.4 is 18.9 Å². The molecule has 0 bridgehead atoms. The molecule has 0 aliphatic carbocycles. The molecule has 0 amide bonds. The highest BCUT2D eigenvalue weighted by atomic mass is 32.1. The molecule has 2 heterocycles. The first-order valence-corrected chi connectivity index (χ1v) is 10.9. The van der Waals surface area contributed by atoms with E-state index in [1.54, 1.807) is 18.4 Å². The topological polar surface area (TPSA) is 53.1 Å². The second kappa shape index (κ2) is 9.36. The van der Waals surface area contributed by atoms with E-state index in [0.717, 1.165) is 52.4 Å². The minimum atomic E-state index is 0.601. The summed E-state index contributed by atoms with van der Waals surface area (Å²) in [4.78, 5) is 7.06. The summed E-state index contributed by atoms with van der Waals surface area (Å²) in [6, 6.07) is 12.1. The number of nitrogens with zero attached hydrogens (tertiary/aromatic N) is 2. The molecule has 0 atom stereocenters. The highest BCUT2D eigenvalue weighted by Crippen LogP contribution is 2.34. The summed E-state index contributed by atoms with van der Waals surface area (Å²) in [5.74, 6) is 3.12. The van der Waals surface area contributed by atoms with E-state index in [0.29, 0.717) is 19.8 Å². The number of benzene rings is 2. The molecule has 1 aromatic heterocycles. The highest BCUT2D eigenvalue weighted by Gasteiger charge is 2.14. The third kappa shape index (κ3) is 4.68. The van der Waals surface area contributed by atoms with E-state index < -0.39 is 0 Å². The van der Waals surface area contributed by atoms with Gasteiger partial charge in [0.2, 0.25) is 0 Å². The van der Waals surface area contributed by atoms with Crippen LogP contribution in [0.25, 0.3) is 10.6 Å². The molecule has 7 heteroatoms. The minimum absolute atomic E-state index is 0.601. The molecule has 0 radical (unpaired) electrons. The smallest absolute Gasteiger partial charge is 0.161 e. The molecule has 0 fully saturated rings. The molecule has 1 aliphatic heterocycles. The summed E-state index contributed by atoms with van der Waals surface area (Å²) in [6.45, 7) is 5.34. The first-order chi connectivity index (χ1) is 14.7. The molecule has 1 aliphatic rings. The van der Waals surface area contributed by atoms with Crippen LogP contribution >= 0.6 is 11.3 Å². The number of aromatic nitrogens is 1. The molecule has 0 unspecified atom stereocenters. The molecule has 158 valence electrons. The second-order valence-electron chi connectivity index (χ2n) is 7.09. The maximum atomic E-state index is 5.69. The van der Waals surface area contributed by atoms with Gasteiger partial charge in [-0.25, -0.2) is 4.98 Å². The second-order valence-corrected chi connectivity index (χ2v) is 7.95. The summed E-state index contributed by atoms with van der Waals surface area (Å²) in [6.07, 6.45) is 0. The fourth-order valence-electron chi connectivity index (χ4n) is 3.42. The van der Waals surface area contributed by atoms with Crippen molar-refractivity contribution in [3.8, 4) is 33.6 Å². The zero-order chi connectivity index (χ0) is 20.9. The maximum absolute atomic E-state index is 5.69. The average molecular weight is 427 g/mol. The van der Waals surface area contributed by atoms with Crippen LogP contribution in [0.4, 0.5) is 0 Å². The molecule has 0 N–H and O–H groups in total. The van der Waals surface area contributed by atoms with E-state index in [9.17, 15) is 0 Å². The number of fused-ring (bicyclic) bond motifs is 1. The van der Waals surface area contributed by atoms with Crippen LogP contribution in [0.2, 0.25) is 0 Å². The summed E-state index contributed by atoms with van der Waals surface area (Å²) in [7, 11) is 3.75. The first-order valence-electron chi connectivity index (χ1n) is 9.99. The summed E-state index contributed by atoms with van der Waals surface area (Å²) in [5.41, 5.74) is 3.26. The van der Waals surface area contributed by atoms with Gasteiger partial charge in [-0.1, -0.05) is 6.07 Å². The van der Waals surface area contributed by atoms with Crippen LogP contribution in [-0.2, 0) is 13.1 Å². The third-order valence-electron chi connectivity index (χ3n) is 4.75. The number of thiazole rings is 1. The predicted octanol–water partition coefficient (Wildman–Crippen LogP) is 4.62. The van der Waals surface area contributed by atoms with Crippen molar-refractivity contribution < 1.29 is 18.9 Å². The Morgan fingerprint density at radius 2 is 1.87 bits per heavy atom. The zero-order valence-electron chi connectivity index (χ0n) is 17.5. The molecule has 4 rings (SSSR count). The lowest BCUT2D eigenvalue weighted by molar-refractivity contribution is 0.171. The molecule has 6 nitrogen and oxygen atoms in total. The lowest BCUT2D eigenvalue weighted by Crippen LogP contribution is -2.18. The van der Waals surface area contributed by atoms with Crippen LogP contribution in [0, 0.1) is 0 Å². The van der Waals surface area contributed by atoms with Gasteiger partial charge in [-0.05, 0) is 49.9 Å². The molecule has 0 spiro atoms. The molecule has 0 saturated carbocycles. The van der Waals surface area contributed by atoms with Crippen LogP contribution in [0.15, 0.2) is 41.8 Å². The molecule has 2 aromatic carbocycles. The van der Waals surface area contributed by atoms with Crippen molar-refractivity contribution in [3.05, 3.63) is 53.0 Å². The Morgan fingerprint density at radius 1 is 1.03 bits per heavy atom. The molecular weight excluding hydrogens is 400 g/mol. The number of ether oxygens (including phenoxy) is 4. The Bertz CT molecular complexity index is 1000. The predicted molar refractivity (Wildman–Crippen MR) is 118 cm³/mol. The lowest BCUT2D eigenvalue weighted by atomic mass is 10.2. The Kier molecular flexibility index (Phi) is 6.40. The van der Waals surface area contributed by atoms with E-state index in [1.807, 2.05) is 31.2 Å². The van der Waals surface area contributed by atoms with Gasteiger partial charge in [0.05, 0.1) is 19.4 Å². The monoisotopic (exact) mass is 426 g/mol. The van der Waals surface area contributed by atoms with E-state index in [1.165, 1.54) is 5.56 Å². The van der Waals surface area contributed by atoms with Gasteiger partial charge < -0.3 is 18.9 Å². The largest absolute Gasteiger partial charge is 0.493 e. The van der Waals surface area contributed by atoms with E-state index >= 15 is 0 Å². The van der Waals surface area contributed by atoms with Gasteiger partial charge in [-0.3, -0.25) is 4.90 Å². The van der Waals surface area contributed by atoms with Crippen LogP contribution in [0.5, 0.6) is 23.0 Å². The fourth-order valence-corrected chi connectivity index (χ4v) is 4.23. The van der Waals surface area contributed by atoms with Crippen molar-refractivity contribution in [2.75, 3.05) is 34.0 Å². The number of rotatable bonds is 8. The third-order valence-corrected chi connectivity index (χ3v) is 5.69. The zero-order valence-corrected chi connectivity index (χ0v) is 18.3. The Hall–Kier alpha value is -2.77. The number of hydrogen-bond donors (Lipinski definition) is 0. The summed E-state index contributed by atoms with van der Waals surface area (Å²) < 4.78 is 22.3. The van der Waals surface area contributed by atoms with Gasteiger partial charge in [0.15, 0.2) is 23.0 Å². The Balaban J connectivity index is 1.42. The van der Waals surface area contributed by atoms with Crippen molar-refractivity contribution in [2.45, 2.75) is 20.0 Å². The fraction of sp³-hybridized carbons (Fsp3) is 0.348. The van der Waals surface area contributed by atoms with E-state index in [2.05, 4.69) is 29.5 Å². The van der Waals surface area contributed by atoms with Crippen LogP contribution in [-0.4, -0.2) is 43.9 Å². The van der Waals surface area contributed by atoms with Crippen LogP contribution in [0.1, 0.15) is 18.2 Å². The number of methoxy groups -OCH3 is 1. The van der Waals surface area contributed by atoms with Crippen molar-refractivity contribution in [3.63, 3.8) is 0 Å². The van der Waals surface area contributed by atoms with Gasteiger partial charge in [0, 0.05) is 24.0 Å². The van der Waals surface area contributed by atoms with Gasteiger partial charge in [0.1, 0.15) is 18.2 Å². The quantitative estimate of drug-likeness (QED) is 0.524. The van der Waals surface area contributed by atoms with E-state index in [-0.39, 0.29) is 0 Å². The van der Waals surface area contributed by atoms with Gasteiger partial charge in [0.25, 0.3) is 0 Å². The van der Waals surface area contributed by atoms with Crippen LogP contribution in [0.3, 0.4) is 0 Å². The molecule has 3 aromatic rings. The number of hydrogen-bond acceptors (Lipinski definition) is 7. The lowest BCUT2D eigenvalue weighted by Gasteiger charge is -2.20. The highest BCUT2D eigenvalue weighted by molar-refractivity contribution is 7.13. The van der Waals surface area contributed by atoms with E-state index in [4.69, 9.17) is 23.9 Å². The Labute approximate surface area is 181 Å². The van der Waals surface area contributed by atoms with Crippen molar-refractivity contribution >= 4 is 11.3 Å². The van der Waals surface area contributed by atoms with Gasteiger partial charge in [-0.2, -0.15) is 0 Å². The Morgan fingerprint density at radius 3 is 2.67 bits per heavy atom. The van der Waals surface area contributed by atoms with Crippen molar-refractivity contribution in [2.24, 2.45) is 0 Å². The van der Waals surface area contributed by atoms with Crippen molar-refractivity contribution in [1.82, 2.24) is 9.88 Å². The molecular formula is C23H26N2O4S. The normalized spacial score (nSPS) is 12.8. The summed E-state index contributed by atoms with van der Waals surface area (Å²) >= 11 is 1.64. The summed E-state index contributed by atoms with van der Waals surface area (Å²) in [5, 5.41) is 3.08. The molecule has 0 saturated heterocycles. The van der Waals surface area contributed by atoms with Gasteiger partial charge >= 0.3 is 0 Å². The molecule has 30 heavy (non-hydrogen) atoms. The maximum Gasteiger partial charge on any atom is 0.161 e. The average Bonchev–Trinajstić information content (AvgIpc) is 3.22. The SMILES string of the molecule is CCOc1ccc(-c2nc(CN(C)Cc3ccc4c(c3)OCCO4)cs2)cc1OC. The van der Waals surface area contributed by atoms with Crippen molar-refractivity contribution in [1.29, 1.82) is 0 Å².